The van der Waals surface area contributed by atoms with Gasteiger partial charge in [-0.25, -0.2) is 8.42 Å². The lowest BCUT2D eigenvalue weighted by Gasteiger charge is -2.34. The van der Waals surface area contributed by atoms with Crippen molar-refractivity contribution in [2.45, 2.75) is 37.9 Å². The van der Waals surface area contributed by atoms with E-state index in [0.717, 1.165) is 0 Å². The fraction of sp³-hybridized carbons (Fsp3) is 0.556. The van der Waals surface area contributed by atoms with Crippen LogP contribution in [0.3, 0.4) is 0 Å². The van der Waals surface area contributed by atoms with Gasteiger partial charge in [-0.3, -0.25) is 9.59 Å². The molecule has 1 aromatic carbocycles. The third-order valence-electron chi connectivity index (χ3n) is 4.44. The molecule has 3 atom stereocenters. The number of benzene rings is 1. The molecule has 0 spiro atoms. The van der Waals surface area contributed by atoms with E-state index in [4.69, 9.17) is 9.84 Å². The number of sulfonamides is 1. The Labute approximate surface area is 159 Å². The molecule has 1 N–H and O–H groups in total. The number of ether oxygens (including phenoxy) is 1. The molecule has 8 nitrogen and oxygen atoms in total. The van der Waals surface area contributed by atoms with Gasteiger partial charge in [0.05, 0.1) is 23.0 Å². The zero-order valence-electron chi connectivity index (χ0n) is 16.0. The maximum absolute atomic E-state index is 12.8. The van der Waals surface area contributed by atoms with Crippen LogP contribution in [0.2, 0.25) is 0 Å². The summed E-state index contributed by atoms with van der Waals surface area (Å²) >= 11 is 0. The average Bonchev–Trinajstić information content (AvgIpc) is 2.60. The first kappa shape index (κ1) is 21.3. The molecule has 2 rings (SSSR count). The second-order valence-corrected chi connectivity index (χ2v) is 8.97. The van der Waals surface area contributed by atoms with Gasteiger partial charge in [0.25, 0.3) is 5.91 Å². The van der Waals surface area contributed by atoms with Gasteiger partial charge in [-0.15, -0.1) is 0 Å². The van der Waals surface area contributed by atoms with Crippen molar-refractivity contribution in [3.63, 3.8) is 0 Å². The summed E-state index contributed by atoms with van der Waals surface area (Å²) in [6.07, 6.45) is -0.372. The van der Waals surface area contributed by atoms with Crippen LogP contribution >= 0.6 is 0 Å². The lowest BCUT2D eigenvalue weighted by Crippen LogP contribution is -2.48. The van der Waals surface area contributed by atoms with Gasteiger partial charge < -0.3 is 14.7 Å². The fourth-order valence-electron chi connectivity index (χ4n) is 3.04. The molecular formula is C18H26N2O6S. The van der Waals surface area contributed by atoms with Gasteiger partial charge in [0.15, 0.2) is 0 Å². The Hall–Kier alpha value is -1.97. The third kappa shape index (κ3) is 5.06. The molecule has 1 aliphatic heterocycles. The lowest BCUT2D eigenvalue weighted by atomic mass is 10.1. The van der Waals surface area contributed by atoms with Gasteiger partial charge in [0.1, 0.15) is 0 Å². The summed E-state index contributed by atoms with van der Waals surface area (Å²) in [4.78, 5) is 24.8. The number of nitrogens with zero attached hydrogens (tertiary/aromatic N) is 2. The van der Waals surface area contributed by atoms with Crippen LogP contribution in [0.1, 0.15) is 31.1 Å². The highest BCUT2D eigenvalue weighted by Crippen LogP contribution is 2.21. The van der Waals surface area contributed by atoms with Crippen molar-refractivity contribution >= 4 is 21.9 Å². The Morgan fingerprint density at radius 2 is 1.74 bits per heavy atom. The van der Waals surface area contributed by atoms with Crippen molar-refractivity contribution in [2.24, 2.45) is 5.92 Å². The van der Waals surface area contributed by atoms with Gasteiger partial charge in [-0.05, 0) is 38.1 Å². The summed E-state index contributed by atoms with van der Waals surface area (Å²) in [7, 11) is -2.15. The van der Waals surface area contributed by atoms with Crippen LogP contribution in [0, 0.1) is 5.92 Å². The minimum Gasteiger partial charge on any atom is -0.481 e. The highest BCUT2D eigenvalue weighted by Gasteiger charge is 2.32. The quantitative estimate of drug-likeness (QED) is 0.774. The first-order valence-corrected chi connectivity index (χ1v) is 10.2. The molecule has 0 bridgehead atoms. The SMILES string of the molecule is CC1CN(S(=O)(=O)c2ccc(C(=O)N(C)CC(C)C(=O)O)cc2)CC(C)O1. The highest BCUT2D eigenvalue weighted by molar-refractivity contribution is 7.89. The number of morpholine rings is 1. The number of aliphatic carboxylic acids is 1. The van der Waals surface area contributed by atoms with Crippen LogP contribution in [0.15, 0.2) is 29.2 Å². The summed E-state index contributed by atoms with van der Waals surface area (Å²) in [5.74, 6) is -2.03. The molecule has 1 aromatic rings. The summed E-state index contributed by atoms with van der Waals surface area (Å²) < 4.78 is 32.6. The third-order valence-corrected chi connectivity index (χ3v) is 6.29. The Bertz CT molecular complexity index is 783. The van der Waals surface area contributed by atoms with Crippen molar-refractivity contribution < 1.29 is 27.9 Å². The minimum atomic E-state index is -3.67. The summed E-state index contributed by atoms with van der Waals surface area (Å²) in [5.41, 5.74) is 0.303. The summed E-state index contributed by atoms with van der Waals surface area (Å²) in [6.45, 7) is 5.80. The van der Waals surface area contributed by atoms with Crippen LogP contribution in [-0.4, -0.2) is 73.5 Å². The van der Waals surface area contributed by atoms with Crippen LogP contribution in [0.4, 0.5) is 0 Å². The van der Waals surface area contributed by atoms with E-state index >= 15 is 0 Å². The Kier molecular flexibility index (Phi) is 6.61. The van der Waals surface area contributed by atoms with Crippen molar-refractivity contribution in [1.82, 2.24) is 9.21 Å². The molecule has 150 valence electrons. The van der Waals surface area contributed by atoms with Crippen molar-refractivity contribution in [3.8, 4) is 0 Å². The number of carboxylic acids is 1. The van der Waals surface area contributed by atoms with Gasteiger partial charge in [-0.2, -0.15) is 4.31 Å². The first-order chi connectivity index (χ1) is 12.5. The molecule has 1 saturated heterocycles. The maximum Gasteiger partial charge on any atom is 0.308 e. The Balaban J connectivity index is 2.14. The number of amides is 1. The normalized spacial score (nSPS) is 22.2. The summed E-state index contributed by atoms with van der Waals surface area (Å²) in [6, 6.07) is 5.71. The van der Waals surface area contributed by atoms with E-state index in [2.05, 4.69) is 0 Å². The van der Waals surface area contributed by atoms with E-state index < -0.39 is 21.9 Å². The number of carboxylic acid groups (broad SMARTS) is 1. The average molecular weight is 398 g/mol. The van der Waals surface area contributed by atoms with Crippen molar-refractivity contribution in [3.05, 3.63) is 29.8 Å². The molecule has 1 amide bonds. The van der Waals surface area contributed by atoms with Crippen LogP contribution in [0.5, 0.6) is 0 Å². The predicted octanol–water partition coefficient (Wildman–Crippen LogP) is 1.28. The van der Waals surface area contributed by atoms with E-state index in [0.29, 0.717) is 5.56 Å². The molecule has 0 aromatic heterocycles. The van der Waals surface area contributed by atoms with Crippen molar-refractivity contribution in [1.29, 1.82) is 0 Å². The first-order valence-electron chi connectivity index (χ1n) is 8.76. The van der Waals surface area contributed by atoms with Gasteiger partial charge >= 0.3 is 5.97 Å². The minimum absolute atomic E-state index is 0.0672. The molecule has 0 aliphatic carbocycles. The number of rotatable bonds is 6. The van der Waals surface area contributed by atoms with Crippen molar-refractivity contribution in [2.75, 3.05) is 26.7 Å². The van der Waals surface area contributed by atoms with E-state index in [1.54, 1.807) is 0 Å². The van der Waals surface area contributed by atoms with Crippen LogP contribution < -0.4 is 0 Å². The second kappa shape index (κ2) is 8.37. The largest absolute Gasteiger partial charge is 0.481 e. The molecule has 9 heteroatoms. The smallest absolute Gasteiger partial charge is 0.308 e. The fourth-order valence-corrected chi connectivity index (χ4v) is 4.63. The monoisotopic (exact) mass is 398 g/mol. The molecule has 1 heterocycles. The van der Waals surface area contributed by atoms with E-state index in [1.165, 1.54) is 47.4 Å². The topological polar surface area (TPSA) is 104 Å². The Morgan fingerprint density at radius 1 is 1.22 bits per heavy atom. The van der Waals surface area contributed by atoms with Gasteiger partial charge in [0, 0.05) is 32.2 Å². The molecule has 27 heavy (non-hydrogen) atoms. The van der Waals surface area contributed by atoms with Gasteiger partial charge in [-0.1, -0.05) is 6.92 Å². The molecule has 1 aliphatic rings. The summed E-state index contributed by atoms with van der Waals surface area (Å²) in [5, 5.41) is 8.95. The molecular weight excluding hydrogens is 372 g/mol. The lowest BCUT2D eigenvalue weighted by molar-refractivity contribution is -0.141. The zero-order chi connectivity index (χ0) is 20.4. The molecule has 0 radical (unpaired) electrons. The zero-order valence-corrected chi connectivity index (χ0v) is 16.8. The van der Waals surface area contributed by atoms with E-state index in [9.17, 15) is 18.0 Å². The molecule has 0 saturated carbocycles. The number of hydrogen-bond donors (Lipinski definition) is 1. The van der Waals surface area contributed by atoms with Crippen LogP contribution in [0.25, 0.3) is 0 Å². The van der Waals surface area contributed by atoms with Crippen LogP contribution in [-0.2, 0) is 19.6 Å². The highest BCUT2D eigenvalue weighted by atomic mass is 32.2. The predicted molar refractivity (Wildman–Crippen MR) is 99.0 cm³/mol. The number of hydrogen-bond acceptors (Lipinski definition) is 5. The number of carbonyl (C=O) groups excluding carboxylic acids is 1. The Morgan fingerprint density at radius 3 is 2.22 bits per heavy atom. The maximum atomic E-state index is 12.8. The van der Waals surface area contributed by atoms with Gasteiger partial charge in [0.2, 0.25) is 10.0 Å². The number of carbonyl (C=O) groups is 2. The standard InChI is InChI=1S/C18H26N2O6S/c1-12(18(22)23)9-19(4)17(21)15-5-7-16(8-6-15)27(24,25)20-10-13(2)26-14(3)11-20/h5-8,12-14H,9-11H2,1-4H3,(H,22,23). The van der Waals surface area contributed by atoms with E-state index in [1.807, 2.05) is 13.8 Å². The second-order valence-electron chi connectivity index (χ2n) is 7.03. The molecule has 1 fully saturated rings. The molecule has 3 unspecified atom stereocenters. The van der Waals surface area contributed by atoms with E-state index in [-0.39, 0.29) is 42.6 Å².